The number of ether oxygens (including phenoxy) is 1. The Labute approximate surface area is 112 Å². The molecule has 0 spiro atoms. The predicted octanol–water partition coefficient (Wildman–Crippen LogP) is 2.36. The van der Waals surface area contributed by atoms with Crippen molar-refractivity contribution in [3.63, 3.8) is 0 Å². The van der Waals surface area contributed by atoms with Gasteiger partial charge in [0.15, 0.2) is 5.75 Å². The number of halogens is 1. The van der Waals surface area contributed by atoms with Crippen LogP contribution in [0, 0.1) is 5.82 Å². The van der Waals surface area contributed by atoms with Crippen molar-refractivity contribution in [2.75, 3.05) is 14.2 Å². The average molecular weight is 263 g/mol. The normalized spacial score (nSPS) is 12.4. The molecule has 1 aromatic carbocycles. The summed E-state index contributed by atoms with van der Waals surface area (Å²) in [5, 5.41) is 7.39. The molecule has 0 aliphatic carbocycles. The van der Waals surface area contributed by atoms with Gasteiger partial charge in [0.05, 0.1) is 19.3 Å². The van der Waals surface area contributed by atoms with E-state index in [-0.39, 0.29) is 11.9 Å². The predicted molar refractivity (Wildman–Crippen MR) is 71.8 cm³/mol. The summed E-state index contributed by atoms with van der Waals surface area (Å²) < 4.78 is 21.1. The maximum absolute atomic E-state index is 14.0. The van der Waals surface area contributed by atoms with Gasteiger partial charge in [0.2, 0.25) is 0 Å². The van der Waals surface area contributed by atoms with Crippen molar-refractivity contribution in [2.45, 2.75) is 19.5 Å². The highest BCUT2D eigenvalue weighted by Crippen LogP contribution is 2.30. The van der Waals surface area contributed by atoms with Gasteiger partial charge >= 0.3 is 0 Å². The van der Waals surface area contributed by atoms with Gasteiger partial charge in [-0.25, -0.2) is 4.39 Å². The van der Waals surface area contributed by atoms with Crippen LogP contribution in [-0.4, -0.2) is 23.9 Å². The monoisotopic (exact) mass is 263 g/mol. The smallest absolute Gasteiger partial charge is 0.161 e. The van der Waals surface area contributed by atoms with Crippen LogP contribution in [0.4, 0.5) is 4.39 Å². The number of nitrogens with one attached hydrogen (secondary N) is 1. The Balaban J connectivity index is 2.54. The molecule has 2 aromatic rings. The molecule has 1 N–H and O–H groups in total. The lowest BCUT2D eigenvalue weighted by atomic mass is 10.0. The Bertz CT molecular complexity index is 532. The van der Waals surface area contributed by atoms with Crippen LogP contribution in [0.5, 0.6) is 5.75 Å². The summed E-state index contributed by atoms with van der Waals surface area (Å²) in [6.45, 7) is 2.69. The molecule has 102 valence electrons. The van der Waals surface area contributed by atoms with Gasteiger partial charge < -0.3 is 10.1 Å². The first-order chi connectivity index (χ1) is 9.22. The number of aromatic nitrogens is 2. The van der Waals surface area contributed by atoms with Crippen molar-refractivity contribution >= 4 is 0 Å². The first kappa shape index (κ1) is 13.5. The number of hydrogen-bond acceptors (Lipinski definition) is 3. The third kappa shape index (κ3) is 2.46. The van der Waals surface area contributed by atoms with E-state index in [1.54, 1.807) is 32.5 Å². The number of rotatable bonds is 5. The summed E-state index contributed by atoms with van der Waals surface area (Å²) in [4.78, 5) is 0. The van der Waals surface area contributed by atoms with E-state index in [9.17, 15) is 4.39 Å². The van der Waals surface area contributed by atoms with Crippen LogP contribution in [0.15, 0.2) is 30.5 Å². The minimum atomic E-state index is -0.293. The highest BCUT2D eigenvalue weighted by molar-refractivity contribution is 5.37. The van der Waals surface area contributed by atoms with E-state index in [2.05, 4.69) is 10.4 Å². The molecule has 5 heteroatoms. The van der Waals surface area contributed by atoms with E-state index in [0.29, 0.717) is 17.9 Å². The third-order valence-electron chi connectivity index (χ3n) is 3.14. The van der Waals surface area contributed by atoms with Crippen LogP contribution in [-0.2, 0) is 6.54 Å². The van der Waals surface area contributed by atoms with Crippen LogP contribution >= 0.6 is 0 Å². The van der Waals surface area contributed by atoms with Crippen LogP contribution in [0.2, 0.25) is 0 Å². The zero-order chi connectivity index (χ0) is 13.8. The minimum Gasteiger partial charge on any atom is -0.493 e. The van der Waals surface area contributed by atoms with Crippen LogP contribution in [0.3, 0.4) is 0 Å². The van der Waals surface area contributed by atoms with E-state index in [0.717, 1.165) is 5.69 Å². The SMILES string of the molecule is CCn1ncc(OC)c1C(NC)c1ccccc1F. The topological polar surface area (TPSA) is 39.1 Å². The first-order valence-corrected chi connectivity index (χ1v) is 6.24. The Kier molecular flexibility index (Phi) is 4.16. The Morgan fingerprint density at radius 3 is 2.74 bits per heavy atom. The molecule has 19 heavy (non-hydrogen) atoms. The lowest BCUT2D eigenvalue weighted by Crippen LogP contribution is -2.23. The summed E-state index contributed by atoms with van der Waals surface area (Å²) in [5.74, 6) is 0.414. The third-order valence-corrected chi connectivity index (χ3v) is 3.14. The van der Waals surface area contributed by atoms with Crippen molar-refractivity contribution in [3.05, 3.63) is 47.5 Å². The second kappa shape index (κ2) is 5.84. The fraction of sp³-hybridized carbons (Fsp3) is 0.357. The molecule has 2 rings (SSSR count). The number of methoxy groups -OCH3 is 1. The minimum absolute atomic E-state index is 0.243. The van der Waals surface area contributed by atoms with Gasteiger partial charge in [0, 0.05) is 12.1 Å². The van der Waals surface area contributed by atoms with E-state index < -0.39 is 0 Å². The number of nitrogens with zero attached hydrogens (tertiary/aromatic N) is 2. The lowest BCUT2D eigenvalue weighted by Gasteiger charge is -2.19. The van der Waals surface area contributed by atoms with Crippen molar-refractivity contribution < 1.29 is 9.13 Å². The standard InChI is InChI=1S/C14H18FN3O/c1-4-18-14(12(19-3)9-17-18)13(16-2)10-7-5-6-8-11(10)15/h5-9,13,16H,4H2,1-3H3. The average Bonchev–Trinajstić information content (AvgIpc) is 2.85. The summed E-state index contributed by atoms with van der Waals surface area (Å²) in [6, 6.07) is 6.43. The van der Waals surface area contributed by atoms with Gasteiger partial charge in [0.25, 0.3) is 0 Å². The Hall–Kier alpha value is -1.88. The highest BCUT2D eigenvalue weighted by atomic mass is 19.1. The van der Waals surface area contributed by atoms with E-state index >= 15 is 0 Å². The number of benzene rings is 1. The zero-order valence-corrected chi connectivity index (χ0v) is 11.4. The second-order valence-electron chi connectivity index (χ2n) is 4.16. The molecule has 0 radical (unpaired) electrons. The van der Waals surface area contributed by atoms with Gasteiger partial charge in [-0.1, -0.05) is 18.2 Å². The molecule has 1 unspecified atom stereocenters. The molecule has 0 saturated heterocycles. The zero-order valence-electron chi connectivity index (χ0n) is 11.4. The molecule has 0 amide bonds. The molecule has 0 aliphatic heterocycles. The van der Waals surface area contributed by atoms with E-state index in [1.807, 2.05) is 17.7 Å². The second-order valence-corrected chi connectivity index (χ2v) is 4.16. The van der Waals surface area contributed by atoms with E-state index in [1.165, 1.54) is 6.07 Å². The van der Waals surface area contributed by atoms with Gasteiger partial charge in [-0.05, 0) is 20.0 Å². The van der Waals surface area contributed by atoms with E-state index in [4.69, 9.17) is 4.74 Å². The summed E-state index contributed by atoms with van der Waals surface area (Å²) in [7, 11) is 3.39. The number of aryl methyl sites for hydroxylation is 1. The van der Waals surface area contributed by atoms with Gasteiger partial charge in [-0.2, -0.15) is 5.10 Å². The fourth-order valence-corrected chi connectivity index (χ4v) is 2.23. The molecule has 0 bridgehead atoms. The Morgan fingerprint density at radius 1 is 1.42 bits per heavy atom. The van der Waals surface area contributed by atoms with Crippen molar-refractivity contribution in [2.24, 2.45) is 0 Å². The summed E-state index contributed by atoms with van der Waals surface area (Å²) in [5.41, 5.74) is 1.41. The quantitative estimate of drug-likeness (QED) is 0.900. The molecule has 1 heterocycles. The van der Waals surface area contributed by atoms with Gasteiger partial charge in [-0.3, -0.25) is 4.68 Å². The number of hydrogen-bond donors (Lipinski definition) is 1. The lowest BCUT2D eigenvalue weighted by molar-refractivity contribution is 0.400. The van der Waals surface area contributed by atoms with Crippen molar-refractivity contribution in [1.29, 1.82) is 0 Å². The molecule has 0 saturated carbocycles. The maximum atomic E-state index is 14.0. The fourth-order valence-electron chi connectivity index (χ4n) is 2.23. The maximum Gasteiger partial charge on any atom is 0.161 e. The summed E-state index contributed by atoms with van der Waals surface area (Å²) in [6.07, 6.45) is 1.66. The largest absolute Gasteiger partial charge is 0.493 e. The molecular weight excluding hydrogens is 245 g/mol. The van der Waals surface area contributed by atoms with Crippen molar-refractivity contribution in [1.82, 2.24) is 15.1 Å². The summed E-state index contributed by atoms with van der Waals surface area (Å²) >= 11 is 0. The molecule has 0 fully saturated rings. The molecule has 0 aliphatic rings. The van der Waals surface area contributed by atoms with Crippen LogP contribution in [0.25, 0.3) is 0 Å². The van der Waals surface area contributed by atoms with Crippen LogP contribution < -0.4 is 10.1 Å². The Morgan fingerprint density at radius 2 is 2.16 bits per heavy atom. The molecular formula is C14H18FN3O. The molecule has 4 nitrogen and oxygen atoms in total. The highest BCUT2D eigenvalue weighted by Gasteiger charge is 2.23. The molecule has 1 aromatic heterocycles. The first-order valence-electron chi connectivity index (χ1n) is 6.24. The van der Waals surface area contributed by atoms with Gasteiger partial charge in [0.1, 0.15) is 11.5 Å². The van der Waals surface area contributed by atoms with Crippen molar-refractivity contribution in [3.8, 4) is 5.75 Å². The van der Waals surface area contributed by atoms with Gasteiger partial charge in [-0.15, -0.1) is 0 Å². The van der Waals surface area contributed by atoms with Crippen LogP contribution in [0.1, 0.15) is 24.2 Å². The molecule has 1 atom stereocenters.